The maximum absolute atomic E-state index is 12.3. The number of benzene rings is 1. The molecule has 1 aromatic carbocycles. The first kappa shape index (κ1) is 14.7. The standard InChI is InChI=1S/C15H23N3O2/c1-11(16)12-6-5-9-18(10-12)15(19)17-13-7-3-4-8-14(13)20-2/h3-4,7-8,11-12H,5-6,9-10,16H2,1-2H3,(H,17,19). The molecule has 5 nitrogen and oxygen atoms in total. The molecule has 20 heavy (non-hydrogen) atoms. The minimum Gasteiger partial charge on any atom is -0.495 e. The van der Waals surface area contributed by atoms with E-state index in [0.29, 0.717) is 17.4 Å². The zero-order valence-electron chi connectivity index (χ0n) is 12.1. The second-order valence-corrected chi connectivity index (χ2v) is 5.34. The maximum atomic E-state index is 12.3. The van der Waals surface area contributed by atoms with Gasteiger partial charge in [0.05, 0.1) is 12.8 Å². The average Bonchev–Trinajstić information content (AvgIpc) is 2.48. The number of piperidine rings is 1. The lowest BCUT2D eigenvalue weighted by atomic mass is 9.92. The van der Waals surface area contributed by atoms with Gasteiger partial charge in [0.1, 0.15) is 5.75 Å². The lowest BCUT2D eigenvalue weighted by Crippen LogP contribution is -2.46. The predicted molar refractivity (Wildman–Crippen MR) is 80.0 cm³/mol. The molecule has 2 rings (SSSR count). The Morgan fingerprint density at radius 3 is 2.95 bits per heavy atom. The first-order valence-corrected chi connectivity index (χ1v) is 7.06. The van der Waals surface area contributed by atoms with Crippen LogP contribution in [0.1, 0.15) is 19.8 Å². The number of nitrogens with zero attached hydrogens (tertiary/aromatic N) is 1. The molecule has 1 aliphatic heterocycles. The van der Waals surface area contributed by atoms with Crippen LogP contribution in [0.15, 0.2) is 24.3 Å². The Balaban J connectivity index is 2.01. The van der Waals surface area contributed by atoms with E-state index in [2.05, 4.69) is 5.32 Å². The summed E-state index contributed by atoms with van der Waals surface area (Å²) in [6.07, 6.45) is 2.10. The fraction of sp³-hybridized carbons (Fsp3) is 0.533. The van der Waals surface area contributed by atoms with E-state index in [0.717, 1.165) is 25.9 Å². The van der Waals surface area contributed by atoms with Gasteiger partial charge in [-0.25, -0.2) is 4.79 Å². The van der Waals surface area contributed by atoms with Gasteiger partial charge in [-0.15, -0.1) is 0 Å². The lowest BCUT2D eigenvalue weighted by molar-refractivity contribution is 0.169. The van der Waals surface area contributed by atoms with E-state index in [9.17, 15) is 4.79 Å². The number of hydrogen-bond donors (Lipinski definition) is 2. The summed E-state index contributed by atoms with van der Waals surface area (Å²) >= 11 is 0. The first-order valence-electron chi connectivity index (χ1n) is 7.06. The molecule has 1 fully saturated rings. The van der Waals surface area contributed by atoms with Crippen molar-refractivity contribution in [3.05, 3.63) is 24.3 Å². The van der Waals surface area contributed by atoms with Gasteiger partial charge < -0.3 is 20.7 Å². The molecule has 2 amide bonds. The number of carbonyl (C=O) groups is 1. The third kappa shape index (κ3) is 3.42. The van der Waals surface area contributed by atoms with E-state index >= 15 is 0 Å². The molecule has 0 bridgehead atoms. The van der Waals surface area contributed by atoms with Crippen LogP contribution in [0.4, 0.5) is 10.5 Å². The molecule has 1 heterocycles. The van der Waals surface area contributed by atoms with Crippen molar-refractivity contribution in [2.75, 3.05) is 25.5 Å². The summed E-state index contributed by atoms with van der Waals surface area (Å²) in [5, 5.41) is 2.91. The number of hydrogen-bond acceptors (Lipinski definition) is 3. The van der Waals surface area contributed by atoms with Crippen LogP contribution in [0, 0.1) is 5.92 Å². The number of anilines is 1. The molecule has 1 saturated heterocycles. The number of nitrogens with one attached hydrogen (secondary N) is 1. The van der Waals surface area contributed by atoms with Gasteiger partial charge in [-0.2, -0.15) is 0 Å². The first-order chi connectivity index (χ1) is 9.61. The van der Waals surface area contributed by atoms with Gasteiger partial charge in [0.15, 0.2) is 0 Å². The topological polar surface area (TPSA) is 67.6 Å². The van der Waals surface area contributed by atoms with Gasteiger partial charge >= 0.3 is 6.03 Å². The molecule has 110 valence electrons. The third-order valence-electron chi connectivity index (χ3n) is 3.84. The van der Waals surface area contributed by atoms with E-state index in [-0.39, 0.29) is 12.1 Å². The predicted octanol–water partition coefficient (Wildman–Crippen LogP) is 2.29. The van der Waals surface area contributed by atoms with Crippen LogP contribution in [-0.2, 0) is 0 Å². The Hall–Kier alpha value is -1.75. The summed E-state index contributed by atoms with van der Waals surface area (Å²) in [5.41, 5.74) is 6.65. The van der Waals surface area contributed by atoms with Crippen LogP contribution < -0.4 is 15.8 Å². The van der Waals surface area contributed by atoms with Crippen molar-refractivity contribution in [3.8, 4) is 5.75 Å². The molecule has 2 unspecified atom stereocenters. The van der Waals surface area contributed by atoms with Crippen molar-refractivity contribution in [1.29, 1.82) is 0 Å². The molecule has 0 aromatic heterocycles. The highest BCUT2D eigenvalue weighted by Crippen LogP contribution is 2.25. The molecule has 3 N–H and O–H groups in total. The smallest absolute Gasteiger partial charge is 0.321 e. The van der Waals surface area contributed by atoms with Crippen LogP contribution in [0.2, 0.25) is 0 Å². The highest BCUT2D eigenvalue weighted by molar-refractivity contribution is 5.91. The number of rotatable bonds is 3. The van der Waals surface area contributed by atoms with Gasteiger partial charge in [-0.3, -0.25) is 0 Å². The average molecular weight is 277 g/mol. The van der Waals surface area contributed by atoms with E-state index in [1.54, 1.807) is 7.11 Å². The van der Waals surface area contributed by atoms with E-state index in [1.165, 1.54) is 0 Å². The number of carbonyl (C=O) groups excluding carboxylic acids is 1. The lowest BCUT2D eigenvalue weighted by Gasteiger charge is -2.34. The Bertz CT molecular complexity index is 462. The Morgan fingerprint density at radius 1 is 1.50 bits per heavy atom. The van der Waals surface area contributed by atoms with Crippen molar-refractivity contribution >= 4 is 11.7 Å². The second-order valence-electron chi connectivity index (χ2n) is 5.34. The molecular weight excluding hydrogens is 254 g/mol. The maximum Gasteiger partial charge on any atom is 0.321 e. The minimum absolute atomic E-state index is 0.0835. The highest BCUT2D eigenvalue weighted by atomic mass is 16.5. The van der Waals surface area contributed by atoms with Crippen LogP contribution in [0.25, 0.3) is 0 Å². The number of ether oxygens (including phenoxy) is 1. The minimum atomic E-state index is -0.0835. The van der Waals surface area contributed by atoms with Crippen LogP contribution in [0.3, 0.4) is 0 Å². The van der Waals surface area contributed by atoms with Gasteiger partial charge in [-0.05, 0) is 37.8 Å². The Morgan fingerprint density at radius 2 is 2.25 bits per heavy atom. The van der Waals surface area contributed by atoms with E-state index in [4.69, 9.17) is 10.5 Å². The zero-order valence-corrected chi connectivity index (χ0v) is 12.1. The molecule has 0 spiro atoms. The van der Waals surface area contributed by atoms with E-state index in [1.807, 2.05) is 36.1 Å². The molecule has 0 saturated carbocycles. The number of amides is 2. The SMILES string of the molecule is COc1ccccc1NC(=O)N1CCCC(C(C)N)C1. The Kier molecular flexibility index (Phi) is 4.84. The molecular formula is C15H23N3O2. The fourth-order valence-corrected chi connectivity index (χ4v) is 2.57. The van der Waals surface area contributed by atoms with Crippen molar-refractivity contribution < 1.29 is 9.53 Å². The number of methoxy groups -OCH3 is 1. The van der Waals surface area contributed by atoms with E-state index < -0.39 is 0 Å². The summed E-state index contributed by atoms with van der Waals surface area (Å²) in [6.45, 7) is 3.51. The molecule has 2 atom stereocenters. The van der Waals surface area contributed by atoms with Gasteiger partial charge in [-0.1, -0.05) is 12.1 Å². The molecule has 0 radical (unpaired) electrons. The molecule has 1 aromatic rings. The largest absolute Gasteiger partial charge is 0.495 e. The van der Waals surface area contributed by atoms with Gasteiger partial charge in [0.25, 0.3) is 0 Å². The number of para-hydroxylation sites is 2. The molecule has 5 heteroatoms. The van der Waals surface area contributed by atoms with Crippen molar-refractivity contribution in [2.45, 2.75) is 25.8 Å². The molecule has 1 aliphatic rings. The number of likely N-dealkylation sites (tertiary alicyclic amines) is 1. The van der Waals surface area contributed by atoms with Crippen molar-refractivity contribution in [1.82, 2.24) is 4.90 Å². The summed E-state index contributed by atoms with van der Waals surface area (Å²) in [5.74, 6) is 1.05. The Labute approximate surface area is 120 Å². The fourth-order valence-electron chi connectivity index (χ4n) is 2.57. The molecule has 0 aliphatic carbocycles. The second kappa shape index (κ2) is 6.61. The quantitative estimate of drug-likeness (QED) is 0.890. The summed E-state index contributed by atoms with van der Waals surface area (Å²) < 4.78 is 5.24. The van der Waals surface area contributed by atoms with Crippen LogP contribution >= 0.6 is 0 Å². The monoisotopic (exact) mass is 277 g/mol. The summed E-state index contributed by atoms with van der Waals surface area (Å²) in [6, 6.07) is 7.46. The normalized spacial score (nSPS) is 20.4. The summed E-state index contributed by atoms with van der Waals surface area (Å²) in [7, 11) is 1.60. The van der Waals surface area contributed by atoms with Gasteiger partial charge in [0, 0.05) is 19.1 Å². The number of nitrogens with two attached hydrogens (primary N) is 1. The zero-order chi connectivity index (χ0) is 14.5. The van der Waals surface area contributed by atoms with Crippen LogP contribution in [-0.4, -0.2) is 37.2 Å². The van der Waals surface area contributed by atoms with Gasteiger partial charge in [0.2, 0.25) is 0 Å². The van der Waals surface area contributed by atoms with Crippen LogP contribution in [0.5, 0.6) is 5.75 Å². The van der Waals surface area contributed by atoms with Crippen molar-refractivity contribution in [3.63, 3.8) is 0 Å². The third-order valence-corrected chi connectivity index (χ3v) is 3.84. The summed E-state index contributed by atoms with van der Waals surface area (Å²) in [4.78, 5) is 14.2. The number of urea groups is 1. The van der Waals surface area contributed by atoms with Crippen molar-refractivity contribution in [2.24, 2.45) is 11.7 Å². The highest BCUT2D eigenvalue weighted by Gasteiger charge is 2.26.